The van der Waals surface area contributed by atoms with Crippen LogP contribution in [0.1, 0.15) is 78.6 Å². The van der Waals surface area contributed by atoms with Gasteiger partial charge in [0.1, 0.15) is 0 Å². The number of fused-ring (bicyclic) bond motifs is 1. The highest BCUT2D eigenvalue weighted by Gasteiger charge is 2.54. The summed E-state index contributed by atoms with van der Waals surface area (Å²) in [6.45, 7) is 7.84. The molecule has 3 heterocycles. The summed E-state index contributed by atoms with van der Waals surface area (Å²) in [6, 6.07) is 0.899. The normalized spacial score (nSPS) is 47.0. The Balaban J connectivity index is 1.32. The molecule has 0 aromatic heterocycles. The minimum Gasteiger partial charge on any atom is -0.391 e. The van der Waals surface area contributed by atoms with E-state index in [0.29, 0.717) is 24.5 Å². The summed E-state index contributed by atoms with van der Waals surface area (Å²) in [6.07, 6.45) is 9.87. The Kier molecular flexibility index (Phi) is 8.03. The van der Waals surface area contributed by atoms with E-state index in [4.69, 9.17) is 17.3 Å². The lowest BCUT2D eigenvalue weighted by Crippen LogP contribution is -2.63. The number of rotatable bonds is 6. The van der Waals surface area contributed by atoms with E-state index in [0.717, 1.165) is 56.9 Å². The van der Waals surface area contributed by atoms with Crippen LogP contribution < -0.4 is 16.5 Å². The van der Waals surface area contributed by atoms with E-state index in [1.165, 1.54) is 19.3 Å². The number of aliphatic hydroxyl groups is 1. The zero-order chi connectivity index (χ0) is 24.9. The number of hydrogen-bond donors (Lipinski definition) is 4. The number of hydrogen-bond acceptors (Lipinski definition) is 6. The average Bonchev–Trinajstić information content (AvgIpc) is 3.64. The molecule has 3 saturated heterocycles. The maximum atomic E-state index is 13.9. The zero-order valence-corrected chi connectivity index (χ0v) is 22.7. The van der Waals surface area contributed by atoms with Crippen LogP contribution >= 0.6 is 11.6 Å². The summed E-state index contributed by atoms with van der Waals surface area (Å²) < 4.78 is 0. The molecule has 0 aromatic carbocycles. The van der Waals surface area contributed by atoms with Crippen molar-refractivity contribution in [3.63, 3.8) is 0 Å². The molecule has 8 heteroatoms. The minimum atomic E-state index is -0.251. The van der Waals surface area contributed by atoms with Crippen LogP contribution in [0.2, 0.25) is 0 Å². The largest absolute Gasteiger partial charge is 0.391 e. The van der Waals surface area contributed by atoms with Gasteiger partial charge in [0.25, 0.3) is 0 Å². The van der Waals surface area contributed by atoms with Gasteiger partial charge in [-0.05, 0) is 63.2 Å². The number of nitrogens with two attached hydrogens (primary N) is 1. The zero-order valence-electron chi connectivity index (χ0n) is 21.9. The molecule has 5 aliphatic rings. The second kappa shape index (κ2) is 10.7. The maximum absolute atomic E-state index is 13.9. The van der Waals surface area contributed by atoms with Gasteiger partial charge in [-0.15, -0.1) is 11.6 Å². The summed E-state index contributed by atoms with van der Waals surface area (Å²) in [4.78, 5) is 16.0. The molecule has 11 atom stereocenters. The first kappa shape index (κ1) is 26.2. The highest BCUT2D eigenvalue weighted by molar-refractivity contribution is 6.20. The lowest BCUT2D eigenvalue weighted by Gasteiger charge is -2.49. The van der Waals surface area contributed by atoms with E-state index in [1.807, 2.05) is 6.92 Å². The highest BCUT2D eigenvalue weighted by atomic mass is 35.5. The Labute approximate surface area is 216 Å². The summed E-state index contributed by atoms with van der Waals surface area (Å²) in [5, 5.41) is 17.0. The first-order valence-corrected chi connectivity index (χ1v) is 14.9. The number of carbonyl (C=O) groups excluding carboxylic acids is 1. The monoisotopic (exact) mass is 509 g/mol. The highest BCUT2D eigenvalue weighted by Crippen LogP contribution is 2.47. The van der Waals surface area contributed by atoms with Crippen molar-refractivity contribution >= 4 is 17.5 Å². The van der Waals surface area contributed by atoms with E-state index in [-0.39, 0.29) is 47.5 Å². The lowest BCUT2D eigenvalue weighted by atomic mass is 9.76. The van der Waals surface area contributed by atoms with Gasteiger partial charge in [-0.2, -0.15) is 0 Å². The third-order valence-corrected chi connectivity index (χ3v) is 10.8. The number of alkyl halides is 1. The summed E-state index contributed by atoms with van der Waals surface area (Å²) in [5.41, 5.74) is 10.3. The number of hydrazine groups is 1. The van der Waals surface area contributed by atoms with E-state index in [1.54, 1.807) is 0 Å². The van der Waals surface area contributed by atoms with Crippen LogP contribution in [0.5, 0.6) is 0 Å². The lowest BCUT2D eigenvalue weighted by molar-refractivity contribution is -0.144. The molecule has 3 aliphatic heterocycles. The van der Waals surface area contributed by atoms with Crippen LogP contribution in [-0.2, 0) is 4.79 Å². The third kappa shape index (κ3) is 4.90. The van der Waals surface area contributed by atoms with E-state index >= 15 is 0 Å². The molecular weight excluding hydrogens is 462 g/mol. The van der Waals surface area contributed by atoms with Crippen molar-refractivity contribution in [2.75, 3.05) is 13.1 Å². The topological polar surface area (TPSA) is 93.9 Å². The average molecular weight is 510 g/mol. The molecule has 200 valence electrons. The fraction of sp³-hybridized carbons (Fsp3) is 0.963. The molecular formula is C27H48ClN5O2. The molecule has 1 amide bonds. The van der Waals surface area contributed by atoms with Crippen molar-refractivity contribution in [1.82, 2.24) is 20.7 Å². The van der Waals surface area contributed by atoms with Crippen LogP contribution in [0.3, 0.4) is 0 Å². The van der Waals surface area contributed by atoms with Gasteiger partial charge in [0.05, 0.1) is 23.6 Å². The van der Waals surface area contributed by atoms with Gasteiger partial charge in [0.2, 0.25) is 5.91 Å². The molecule has 2 saturated carbocycles. The predicted octanol–water partition coefficient (Wildman–Crippen LogP) is 2.66. The molecule has 5 rings (SSSR count). The fourth-order valence-corrected chi connectivity index (χ4v) is 8.33. The number of nitrogens with zero attached hydrogens (tertiary/aromatic N) is 2. The first-order chi connectivity index (χ1) is 16.8. The van der Waals surface area contributed by atoms with Crippen molar-refractivity contribution in [3.8, 4) is 0 Å². The Morgan fingerprint density at radius 2 is 1.86 bits per heavy atom. The number of carbonyl (C=O) groups is 1. The van der Waals surface area contributed by atoms with Crippen molar-refractivity contribution in [3.05, 3.63) is 0 Å². The molecule has 5 fully saturated rings. The van der Waals surface area contributed by atoms with Crippen molar-refractivity contribution in [2.45, 2.75) is 120 Å². The predicted molar refractivity (Wildman–Crippen MR) is 139 cm³/mol. The SMILES string of the molecule is CCCC1NN(C2CCC(C3CC3)CC2O)C2CCN(C(=O)C3CNC(Cl)C(C)C3N)C(CC)C12. The quantitative estimate of drug-likeness (QED) is 0.325. The van der Waals surface area contributed by atoms with Crippen LogP contribution in [0.4, 0.5) is 0 Å². The van der Waals surface area contributed by atoms with E-state index in [9.17, 15) is 9.90 Å². The molecule has 2 aliphatic carbocycles. The number of nitrogens with one attached hydrogen (secondary N) is 2. The van der Waals surface area contributed by atoms with Crippen LogP contribution in [0, 0.1) is 29.6 Å². The van der Waals surface area contributed by atoms with Crippen molar-refractivity contribution in [1.29, 1.82) is 0 Å². The Hall–Kier alpha value is -0.440. The van der Waals surface area contributed by atoms with Gasteiger partial charge in [-0.25, -0.2) is 5.01 Å². The van der Waals surface area contributed by atoms with Gasteiger partial charge < -0.3 is 21.1 Å². The second-order valence-corrected chi connectivity index (χ2v) is 12.7. The summed E-state index contributed by atoms with van der Waals surface area (Å²) >= 11 is 6.38. The van der Waals surface area contributed by atoms with Gasteiger partial charge >= 0.3 is 0 Å². The second-order valence-electron chi connectivity index (χ2n) is 12.3. The van der Waals surface area contributed by atoms with Crippen LogP contribution in [0.15, 0.2) is 0 Å². The van der Waals surface area contributed by atoms with Gasteiger partial charge in [-0.1, -0.05) is 27.2 Å². The molecule has 11 unspecified atom stereocenters. The van der Waals surface area contributed by atoms with Crippen LogP contribution in [-0.4, -0.2) is 75.8 Å². The van der Waals surface area contributed by atoms with Gasteiger partial charge in [0, 0.05) is 49.1 Å². The van der Waals surface area contributed by atoms with Crippen molar-refractivity contribution in [2.24, 2.45) is 35.3 Å². The Bertz CT molecular complexity index is 753. The summed E-state index contributed by atoms with van der Waals surface area (Å²) in [5.74, 6) is 2.01. The molecule has 0 spiro atoms. The molecule has 5 N–H and O–H groups in total. The number of aliphatic hydroxyl groups excluding tert-OH is 1. The number of likely N-dealkylation sites (tertiary alicyclic amines) is 1. The molecule has 0 bridgehead atoms. The number of amides is 1. The van der Waals surface area contributed by atoms with Crippen LogP contribution in [0.25, 0.3) is 0 Å². The van der Waals surface area contributed by atoms with Gasteiger partial charge in [-0.3, -0.25) is 10.2 Å². The smallest absolute Gasteiger partial charge is 0.228 e. The van der Waals surface area contributed by atoms with Gasteiger partial charge in [0.15, 0.2) is 0 Å². The standard InChI is InChI=1S/C27H48ClN5O2/c1-4-6-19-24-20(5-2)32(27(35)18-14-30-26(28)15(3)25(18)29)12-11-22(24)33(31-19)21-10-9-17(13-23(21)34)16-7-8-16/h15-26,30-31,34H,4-14,29H2,1-3H3. The maximum Gasteiger partial charge on any atom is 0.228 e. The fourth-order valence-electron chi connectivity index (χ4n) is 8.07. The molecule has 35 heavy (non-hydrogen) atoms. The molecule has 0 radical (unpaired) electrons. The minimum absolute atomic E-state index is 0.0562. The van der Waals surface area contributed by atoms with Crippen molar-refractivity contribution < 1.29 is 9.90 Å². The van der Waals surface area contributed by atoms with E-state index in [2.05, 4.69) is 34.5 Å². The van der Waals surface area contributed by atoms with E-state index < -0.39 is 0 Å². The first-order valence-electron chi connectivity index (χ1n) is 14.5. The Morgan fingerprint density at radius 1 is 1.11 bits per heavy atom. The molecule has 7 nitrogen and oxygen atoms in total. The Morgan fingerprint density at radius 3 is 2.51 bits per heavy atom. The summed E-state index contributed by atoms with van der Waals surface area (Å²) in [7, 11) is 0. The number of piperidine rings is 2. The molecule has 0 aromatic rings. The number of halogens is 1. The third-order valence-electron chi connectivity index (χ3n) is 10.2.